The maximum Gasteiger partial charge on any atom is 1.00 e. The zero-order valence-corrected chi connectivity index (χ0v) is 14.4. The molecule has 0 fully saturated rings. The summed E-state index contributed by atoms with van der Waals surface area (Å²) in [7, 11) is 0. The molecule has 3 radical (unpaired) electrons. The van der Waals surface area contributed by atoms with E-state index in [0.717, 1.165) is 16.8 Å². The molecule has 2 amide bonds. The molecule has 0 aromatic heterocycles. The summed E-state index contributed by atoms with van der Waals surface area (Å²) in [6, 6.07) is 5.55. The van der Waals surface area contributed by atoms with Crippen molar-refractivity contribution in [2.45, 2.75) is 19.8 Å². The molecular formula is C13H14BKN2O2-. The third-order valence-electron chi connectivity index (χ3n) is 3.07. The van der Waals surface area contributed by atoms with Gasteiger partial charge in [-0.15, -0.1) is 5.41 Å². The van der Waals surface area contributed by atoms with Gasteiger partial charge in [0, 0.05) is 26.9 Å². The van der Waals surface area contributed by atoms with Crippen molar-refractivity contribution in [1.29, 1.82) is 0 Å². The van der Waals surface area contributed by atoms with Gasteiger partial charge in [-0.3, -0.25) is 4.79 Å². The van der Waals surface area contributed by atoms with E-state index in [-0.39, 0.29) is 65.7 Å². The van der Waals surface area contributed by atoms with Gasteiger partial charge in [0.25, 0.3) is 0 Å². The molecule has 4 nitrogen and oxygen atoms in total. The minimum Gasteiger partial charge on any atom is -0.670 e. The first-order valence-electron chi connectivity index (χ1n) is 5.41. The van der Waals surface area contributed by atoms with Gasteiger partial charge in [0.1, 0.15) is 0 Å². The molecule has 1 atom stereocenters. The number of anilines is 1. The summed E-state index contributed by atoms with van der Waals surface area (Å²) in [5, 5.41) is 2.70. The van der Waals surface area contributed by atoms with Crippen LogP contribution in [0.5, 0.6) is 0 Å². The first kappa shape index (κ1) is 18.9. The smallest absolute Gasteiger partial charge is 0.670 e. The van der Waals surface area contributed by atoms with Crippen LogP contribution >= 0.6 is 0 Å². The van der Waals surface area contributed by atoms with E-state index in [1.807, 2.05) is 12.1 Å². The summed E-state index contributed by atoms with van der Waals surface area (Å²) in [5.74, 6) is -0.754. The van der Waals surface area contributed by atoms with Gasteiger partial charge in [-0.05, 0) is 36.1 Å². The Kier molecular flexibility index (Phi) is 6.99. The Hall–Kier alpha value is -0.139. The Labute approximate surface area is 157 Å². The van der Waals surface area contributed by atoms with Gasteiger partial charge in [-0.2, -0.15) is 0 Å². The molecule has 0 heterocycles. The minimum atomic E-state index is -0.850. The summed E-state index contributed by atoms with van der Waals surface area (Å²) < 4.78 is 0. The predicted molar refractivity (Wildman–Crippen MR) is 71.0 cm³/mol. The van der Waals surface area contributed by atoms with E-state index in [4.69, 9.17) is 5.73 Å². The second-order valence-electron chi connectivity index (χ2n) is 4.63. The van der Waals surface area contributed by atoms with Gasteiger partial charge in [-0.1, -0.05) is 6.07 Å². The maximum atomic E-state index is 11.2. The Bertz CT molecular complexity index is 507. The fraction of sp³-hybridized carbons (Fsp3) is 0.308. The average Bonchev–Trinajstić information content (AvgIpc) is 2.54. The SMILES string of the molecule is [B].[CH2-]C1(C([NH-])=O)Cc2ccc(NC(C)=O)cc2C1.[K+]. The maximum absolute atomic E-state index is 11.2. The second-order valence-corrected chi connectivity index (χ2v) is 4.63. The van der Waals surface area contributed by atoms with Crippen LogP contribution in [0.15, 0.2) is 18.2 Å². The molecule has 1 aromatic carbocycles. The van der Waals surface area contributed by atoms with E-state index in [1.165, 1.54) is 6.92 Å². The average molecular weight is 280 g/mol. The summed E-state index contributed by atoms with van der Waals surface area (Å²) in [4.78, 5) is 22.2. The van der Waals surface area contributed by atoms with Crippen molar-refractivity contribution in [2.75, 3.05) is 5.32 Å². The predicted octanol–water partition coefficient (Wildman–Crippen LogP) is -1.23. The topological polar surface area (TPSA) is 70.0 Å². The van der Waals surface area contributed by atoms with E-state index in [1.54, 1.807) is 6.07 Å². The molecule has 0 aliphatic heterocycles. The van der Waals surface area contributed by atoms with E-state index >= 15 is 0 Å². The fourth-order valence-corrected chi connectivity index (χ4v) is 2.20. The van der Waals surface area contributed by atoms with Crippen LogP contribution in [0.4, 0.5) is 5.69 Å². The fourth-order valence-electron chi connectivity index (χ4n) is 2.20. The van der Waals surface area contributed by atoms with Crippen LogP contribution in [0, 0.1) is 12.3 Å². The van der Waals surface area contributed by atoms with Crippen LogP contribution in [0.25, 0.3) is 5.73 Å². The Morgan fingerprint density at radius 3 is 2.42 bits per heavy atom. The molecule has 19 heavy (non-hydrogen) atoms. The quantitative estimate of drug-likeness (QED) is 0.544. The minimum absolute atomic E-state index is 0. The summed E-state index contributed by atoms with van der Waals surface area (Å²) in [6.07, 6.45) is 0.975. The molecule has 6 heteroatoms. The molecule has 93 valence electrons. The molecule has 1 unspecified atom stereocenters. The number of hydrogen-bond acceptors (Lipinski definition) is 2. The van der Waals surface area contributed by atoms with Crippen LogP contribution in [-0.4, -0.2) is 20.2 Å². The Morgan fingerprint density at radius 2 is 1.89 bits per heavy atom. The summed E-state index contributed by atoms with van der Waals surface area (Å²) in [6.45, 7) is 5.30. The normalized spacial score (nSPS) is 19.7. The van der Waals surface area contributed by atoms with Gasteiger partial charge in [0.05, 0.1) is 0 Å². The first-order chi connectivity index (χ1) is 7.90. The first-order valence-corrected chi connectivity index (χ1v) is 5.41. The monoisotopic (exact) mass is 280 g/mol. The molecule has 0 saturated heterocycles. The van der Waals surface area contributed by atoms with Crippen molar-refractivity contribution in [3.05, 3.63) is 42.0 Å². The van der Waals surface area contributed by atoms with Crippen LogP contribution in [-0.2, 0) is 22.4 Å². The third-order valence-corrected chi connectivity index (χ3v) is 3.07. The number of hydrogen-bond donors (Lipinski definition) is 1. The molecular weight excluding hydrogens is 266 g/mol. The third kappa shape index (κ3) is 4.16. The van der Waals surface area contributed by atoms with Crippen LogP contribution in [0.2, 0.25) is 0 Å². The van der Waals surface area contributed by atoms with E-state index in [0.29, 0.717) is 12.8 Å². The summed E-state index contributed by atoms with van der Waals surface area (Å²) >= 11 is 0. The number of amides is 2. The van der Waals surface area contributed by atoms with Crippen molar-refractivity contribution in [3.63, 3.8) is 0 Å². The number of carbonyl (C=O) groups is 2. The van der Waals surface area contributed by atoms with Gasteiger partial charge < -0.3 is 22.8 Å². The molecule has 2 rings (SSSR count). The van der Waals surface area contributed by atoms with Gasteiger partial charge >= 0.3 is 51.4 Å². The van der Waals surface area contributed by atoms with Crippen molar-refractivity contribution >= 4 is 25.9 Å². The Balaban J connectivity index is 0.00000162. The number of fused-ring (bicyclic) bond motifs is 1. The zero-order valence-electron chi connectivity index (χ0n) is 11.2. The van der Waals surface area contributed by atoms with Gasteiger partial charge in [0.2, 0.25) is 5.91 Å². The standard InChI is InChI=1S/C13H15N2O2.B.K/c1-8(16)15-11-4-3-9-6-13(2,12(14)17)7-10(9)5-11;;/h3-5H,2,6-7H2,1H3,(H3,14,15,16,17);;/q-1;;+1/p-1. The molecule has 2 N–H and O–H groups in total. The number of rotatable bonds is 2. The Morgan fingerprint density at radius 1 is 1.32 bits per heavy atom. The van der Waals surface area contributed by atoms with Crippen molar-refractivity contribution in [2.24, 2.45) is 5.41 Å². The van der Waals surface area contributed by atoms with Crippen molar-refractivity contribution < 1.29 is 61.0 Å². The van der Waals surface area contributed by atoms with E-state index in [9.17, 15) is 9.59 Å². The molecule has 1 aliphatic rings. The van der Waals surface area contributed by atoms with Gasteiger partial charge in [-0.25, -0.2) is 0 Å². The van der Waals surface area contributed by atoms with Gasteiger partial charge in [0.15, 0.2) is 0 Å². The van der Waals surface area contributed by atoms with Crippen LogP contribution in [0.3, 0.4) is 0 Å². The van der Waals surface area contributed by atoms with E-state index < -0.39 is 11.3 Å². The zero-order chi connectivity index (χ0) is 12.6. The summed E-state index contributed by atoms with van der Waals surface area (Å²) in [5.41, 5.74) is 9.14. The van der Waals surface area contributed by atoms with Crippen LogP contribution < -0.4 is 56.7 Å². The van der Waals surface area contributed by atoms with Crippen molar-refractivity contribution in [1.82, 2.24) is 0 Å². The number of carbonyl (C=O) groups excluding carboxylic acids is 2. The molecule has 1 aliphatic carbocycles. The number of nitrogens with one attached hydrogen (secondary N) is 2. The van der Waals surface area contributed by atoms with E-state index in [2.05, 4.69) is 12.2 Å². The molecule has 0 bridgehead atoms. The molecule has 0 saturated carbocycles. The molecule has 1 aromatic rings. The van der Waals surface area contributed by atoms with Crippen LogP contribution in [0.1, 0.15) is 18.1 Å². The second kappa shape index (κ2) is 7.04. The van der Waals surface area contributed by atoms with Crippen molar-refractivity contribution in [3.8, 4) is 0 Å². The molecule has 0 spiro atoms. The number of benzene rings is 1. The largest absolute Gasteiger partial charge is 1.00 e.